The number of aromatic nitrogens is 5. The highest BCUT2D eigenvalue weighted by Crippen LogP contribution is 2.40. The Morgan fingerprint density at radius 1 is 1.08 bits per heavy atom. The van der Waals surface area contributed by atoms with Gasteiger partial charge in [-0.3, -0.25) is 19.0 Å². The fourth-order valence-corrected chi connectivity index (χ4v) is 6.12. The van der Waals surface area contributed by atoms with Crippen molar-refractivity contribution in [2.75, 3.05) is 30.1 Å². The number of likely N-dealkylation sites (tertiary alicyclic amines) is 1. The summed E-state index contributed by atoms with van der Waals surface area (Å²) in [6.45, 7) is 1.02. The van der Waals surface area contributed by atoms with Crippen LogP contribution in [0.1, 0.15) is 24.6 Å². The van der Waals surface area contributed by atoms with Crippen molar-refractivity contribution < 1.29 is 39.5 Å². The highest BCUT2D eigenvalue weighted by Gasteiger charge is 2.38. The van der Waals surface area contributed by atoms with Gasteiger partial charge in [-0.05, 0) is 36.8 Å². The van der Waals surface area contributed by atoms with Gasteiger partial charge < -0.3 is 10.5 Å². The number of rotatable bonds is 10. The zero-order valence-electron chi connectivity index (χ0n) is 25.3. The minimum Gasteiger partial charge on any atom is -0.484 e. The number of anilines is 2. The topological polar surface area (TPSA) is 133 Å². The number of nitrogens with one attached hydrogen (secondary N) is 1. The molecule has 0 aliphatic carbocycles. The molecule has 1 fully saturated rings. The SMILES string of the molecule is C[C@H](Oc1cc(-c2nn(C)c3c(-c4cnn(C5CN(CC(F)(F)F)C5)c4)cnc(N)c23)ccc1NS(=O)(=O)C(F)F)c1ccc(F)cc1. The summed E-state index contributed by atoms with van der Waals surface area (Å²) in [5, 5.41) is 9.42. The number of sulfonamides is 1. The number of hydrogen-bond acceptors (Lipinski definition) is 8. The molecule has 0 radical (unpaired) electrons. The van der Waals surface area contributed by atoms with E-state index in [1.165, 1.54) is 53.6 Å². The quantitative estimate of drug-likeness (QED) is 0.177. The summed E-state index contributed by atoms with van der Waals surface area (Å²) < 4.78 is 113. The van der Waals surface area contributed by atoms with E-state index in [4.69, 9.17) is 10.5 Å². The number of fused-ring (bicyclic) bond motifs is 1. The zero-order chi connectivity index (χ0) is 34.5. The molecule has 3 aromatic heterocycles. The van der Waals surface area contributed by atoms with Crippen molar-refractivity contribution in [3.63, 3.8) is 0 Å². The van der Waals surface area contributed by atoms with Gasteiger partial charge in [0, 0.05) is 49.2 Å². The maximum atomic E-state index is 13.5. The van der Waals surface area contributed by atoms with Crippen LogP contribution >= 0.6 is 0 Å². The number of halogens is 6. The Hall–Kier alpha value is -4.84. The predicted molar refractivity (Wildman–Crippen MR) is 165 cm³/mol. The molecule has 0 bridgehead atoms. The molecule has 4 heterocycles. The van der Waals surface area contributed by atoms with E-state index in [2.05, 4.69) is 15.2 Å². The Balaban J connectivity index is 1.36. The summed E-state index contributed by atoms with van der Waals surface area (Å²) in [6.07, 6.45) is -0.239. The first-order chi connectivity index (χ1) is 22.6. The maximum Gasteiger partial charge on any atom is 0.401 e. The van der Waals surface area contributed by atoms with Crippen LogP contribution in [0.2, 0.25) is 0 Å². The molecule has 1 atom stereocenters. The molecule has 254 valence electrons. The Morgan fingerprint density at radius 2 is 1.79 bits per heavy atom. The second-order valence-electron chi connectivity index (χ2n) is 11.4. The average Bonchev–Trinajstić information content (AvgIpc) is 3.61. The number of hydrogen-bond donors (Lipinski definition) is 2. The molecule has 3 N–H and O–H groups in total. The summed E-state index contributed by atoms with van der Waals surface area (Å²) in [6, 6.07) is 9.26. The Bertz CT molecular complexity index is 2080. The van der Waals surface area contributed by atoms with Gasteiger partial charge in [0.15, 0.2) is 0 Å². The first-order valence-electron chi connectivity index (χ1n) is 14.4. The van der Waals surface area contributed by atoms with Gasteiger partial charge in [0.05, 0.1) is 35.4 Å². The van der Waals surface area contributed by atoms with Crippen LogP contribution < -0.4 is 15.2 Å². The number of alkyl halides is 5. The van der Waals surface area contributed by atoms with Crippen molar-refractivity contribution in [1.29, 1.82) is 0 Å². The molecule has 11 nitrogen and oxygen atoms in total. The molecular formula is C30H28F6N8O3S. The normalized spacial score (nSPS) is 15.2. The molecule has 18 heteroatoms. The van der Waals surface area contributed by atoms with E-state index < -0.39 is 40.4 Å². The van der Waals surface area contributed by atoms with Crippen LogP contribution in [-0.4, -0.2) is 69.4 Å². The first kappa shape index (κ1) is 33.1. The third-order valence-corrected chi connectivity index (χ3v) is 8.88. The van der Waals surface area contributed by atoms with Crippen LogP contribution in [0.25, 0.3) is 33.3 Å². The molecule has 6 rings (SSSR count). The Morgan fingerprint density at radius 3 is 2.46 bits per heavy atom. The molecule has 48 heavy (non-hydrogen) atoms. The number of benzene rings is 2. The fourth-order valence-electron chi connectivity index (χ4n) is 5.56. The van der Waals surface area contributed by atoms with E-state index in [0.717, 1.165) is 0 Å². The summed E-state index contributed by atoms with van der Waals surface area (Å²) in [5.41, 5.74) is 9.04. The van der Waals surface area contributed by atoms with E-state index in [0.29, 0.717) is 38.9 Å². The van der Waals surface area contributed by atoms with Gasteiger partial charge in [0.1, 0.15) is 29.2 Å². The highest BCUT2D eigenvalue weighted by molar-refractivity contribution is 7.93. The van der Waals surface area contributed by atoms with Crippen LogP contribution in [-0.2, 0) is 17.1 Å². The minimum atomic E-state index is -5.07. The third kappa shape index (κ3) is 6.62. The molecule has 5 aromatic rings. The molecule has 0 saturated carbocycles. The van der Waals surface area contributed by atoms with Gasteiger partial charge >= 0.3 is 11.9 Å². The van der Waals surface area contributed by atoms with Crippen LogP contribution in [0.4, 0.5) is 37.8 Å². The summed E-state index contributed by atoms with van der Waals surface area (Å²) in [5.74, 6) is -4.20. The van der Waals surface area contributed by atoms with Gasteiger partial charge in [0.25, 0.3) is 10.0 Å². The van der Waals surface area contributed by atoms with E-state index >= 15 is 0 Å². The van der Waals surface area contributed by atoms with Gasteiger partial charge in [-0.25, -0.2) is 17.8 Å². The van der Waals surface area contributed by atoms with Crippen molar-refractivity contribution in [2.45, 2.75) is 31.0 Å². The largest absolute Gasteiger partial charge is 0.484 e. The number of nitrogens with zero attached hydrogens (tertiary/aromatic N) is 6. The lowest BCUT2D eigenvalue weighted by Gasteiger charge is -2.39. The van der Waals surface area contributed by atoms with Crippen LogP contribution in [0.15, 0.2) is 61.1 Å². The summed E-state index contributed by atoms with van der Waals surface area (Å²) in [4.78, 5) is 5.63. The Labute approximate surface area is 270 Å². The summed E-state index contributed by atoms with van der Waals surface area (Å²) >= 11 is 0. The molecule has 2 aromatic carbocycles. The van der Waals surface area contributed by atoms with E-state index in [1.54, 1.807) is 35.7 Å². The molecule has 0 spiro atoms. The molecule has 0 unspecified atom stereocenters. The van der Waals surface area contributed by atoms with Crippen molar-refractivity contribution in [3.05, 3.63) is 72.4 Å². The minimum absolute atomic E-state index is 0.107. The maximum absolute atomic E-state index is 13.5. The number of pyridine rings is 1. The second-order valence-corrected chi connectivity index (χ2v) is 13.0. The van der Waals surface area contributed by atoms with Crippen LogP contribution in [0.3, 0.4) is 0 Å². The second kappa shape index (κ2) is 12.3. The third-order valence-electron chi connectivity index (χ3n) is 7.90. The van der Waals surface area contributed by atoms with Gasteiger partial charge in [-0.15, -0.1) is 0 Å². The smallest absolute Gasteiger partial charge is 0.401 e. The highest BCUT2D eigenvalue weighted by atomic mass is 32.2. The van der Waals surface area contributed by atoms with E-state index in [9.17, 15) is 34.8 Å². The van der Waals surface area contributed by atoms with Crippen molar-refractivity contribution in [2.24, 2.45) is 7.05 Å². The van der Waals surface area contributed by atoms with Crippen LogP contribution in [0.5, 0.6) is 5.75 Å². The van der Waals surface area contributed by atoms with Crippen molar-refractivity contribution >= 4 is 32.4 Å². The van der Waals surface area contributed by atoms with E-state index in [-0.39, 0.29) is 36.4 Å². The van der Waals surface area contributed by atoms with Gasteiger partial charge in [-0.2, -0.15) is 32.1 Å². The predicted octanol–water partition coefficient (Wildman–Crippen LogP) is 5.74. The van der Waals surface area contributed by atoms with Crippen molar-refractivity contribution in [3.8, 4) is 28.1 Å². The first-order valence-corrected chi connectivity index (χ1v) is 16.0. The number of aryl methyl sites for hydroxylation is 1. The number of nitrogen functional groups attached to an aromatic ring is 1. The monoisotopic (exact) mass is 694 g/mol. The molecule has 0 amide bonds. The number of ether oxygens (including phenoxy) is 1. The van der Waals surface area contributed by atoms with Gasteiger partial charge in [-0.1, -0.05) is 18.2 Å². The lowest BCUT2D eigenvalue weighted by molar-refractivity contribution is -0.157. The molecule has 1 aliphatic rings. The molecule has 1 saturated heterocycles. The standard InChI is InChI=1S/C30H28F6N8O3S/c1-16(17-3-6-20(31)7-4-17)47-24-9-18(5-8-23(24)41-48(45,46)29(32)33)26-25-27(42(2)40-26)22(11-38-28(25)37)19-10-39-44(12-19)21-13-43(14-21)15-30(34,35)36/h3-12,16,21,29,41H,13-15H2,1-2H3,(H2,37,38)/t16-/m0/s1. The molecule has 1 aliphatic heterocycles. The lowest BCUT2D eigenvalue weighted by atomic mass is 10.0. The summed E-state index contributed by atoms with van der Waals surface area (Å²) in [7, 11) is -3.40. The number of nitrogens with two attached hydrogens (primary N) is 1. The van der Waals surface area contributed by atoms with Crippen molar-refractivity contribution in [1.82, 2.24) is 29.4 Å². The fraction of sp³-hybridized carbons (Fsp3) is 0.300. The van der Waals surface area contributed by atoms with E-state index in [1.807, 2.05) is 4.72 Å². The lowest BCUT2D eigenvalue weighted by Crippen LogP contribution is -2.51. The Kier molecular flexibility index (Phi) is 8.49. The van der Waals surface area contributed by atoms with Crippen LogP contribution in [0, 0.1) is 5.82 Å². The zero-order valence-corrected chi connectivity index (χ0v) is 26.1. The van der Waals surface area contributed by atoms with Gasteiger partial charge in [0.2, 0.25) is 0 Å². The molecular weight excluding hydrogens is 666 g/mol. The average molecular weight is 695 g/mol.